The van der Waals surface area contributed by atoms with Gasteiger partial charge >= 0.3 is 11.9 Å². The van der Waals surface area contributed by atoms with E-state index in [1.807, 2.05) is 19.2 Å². The molecule has 20 heavy (non-hydrogen) atoms. The molecular formula is C13H20N2O4S. The van der Waals surface area contributed by atoms with Crippen molar-refractivity contribution in [2.24, 2.45) is 5.92 Å². The maximum absolute atomic E-state index is 11.2. The Morgan fingerprint density at radius 2 is 1.85 bits per heavy atom. The Balaban J connectivity index is 3.02. The molecule has 0 fully saturated rings. The molecule has 1 heterocycles. The minimum atomic E-state index is -0.996. The zero-order valence-electron chi connectivity index (χ0n) is 12.0. The molecule has 2 unspecified atom stereocenters. The Morgan fingerprint density at radius 3 is 2.25 bits per heavy atom. The summed E-state index contributed by atoms with van der Waals surface area (Å²) in [6.45, 7) is 7.22. The molecule has 0 spiro atoms. The van der Waals surface area contributed by atoms with Gasteiger partial charge in [-0.25, -0.2) is 9.78 Å². The van der Waals surface area contributed by atoms with Crippen LogP contribution < -0.4 is 4.90 Å². The van der Waals surface area contributed by atoms with Crippen molar-refractivity contribution >= 4 is 28.4 Å². The average molecular weight is 300 g/mol. The van der Waals surface area contributed by atoms with Gasteiger partial charge in [0.1, 0.15) is 6.04 Å². The lowest BCUT2D eigenvalue weighted by Crippen LogP contribution is -2.43. The summed E-state index contributed by atoms with van der Waals surface area (Å²) in [5, 5.41) is 20.6. The van der Waals surface area contributed by atoms with Crippen molar-refractivity contribution in [1.82, 2.24) is 4.98 Å². The van der Waals surface area contributed by atoms with E-state index in [4.69, 9.17) is 10.2 Å². The molecule has 0 aliphatic carbocycles. The molecule has 1 rings (SSSR count). The third kappa shape index (κ3) is 3.93. The standard InChI is InChI=1S/C13H20N2O4S/c1-7(2)10-6-20-13(14-10)15(9(4)12(18)19)5-8(3)11(16)17/h6-9H,5H2,1-4H3,(H,16,17)(H,18,19). The Bertz CT molecular complexity index is 486. The van der Waals surface area contributed by atoms with E-state index in [9.17, 15) is 9.59 Å². The van der Waals surface area contributed by atoms with Crippen LogP contribution in [0.15, 0.2) is 5.38 Å². The zero-order chi connectivity index (χ0) is 15.4. The van der Waals surface area contributed by atoms with Crippen LogP contribution in [0.2, 0.25) is 0 Å². The Hall–Kier alpha value is -1.63. The highest BCUT2D eigenvalue weighted by Gasteiger charge is 2.27. The second-order valence-electron chi connectivity index (χ2n) is 5.12. The van der Waals surface area contributed by atoms with Crippen LogP contribution in [0.4, 0.5) is 5.13 Å². The minimum absolute atomic E-state index is 0.119. The summed E-state index contributed by atoms with van der Waals surface area (Å²) in [5.41, 5.74) is 0.885. The van der Waals surface area contributed by atoms with Crippen LogP contribution in [0.5, 0.6) is 0 Å². The number of carbonyl (C=O) groups is 2. The lowest BCUT2D eigenvalue weighted by molar-refractivity contribution is -0.142. The van der Waals surface area contributed by atoms with Gasteiger partial charge in [0.15, 0.2) is 5.13 Å². The van der Waals surface area contributed by atoms with E-state index >= 15 is 0 Å². The van der Waals surface area contributed by atoms with Crippen molar-refractivity contribution in [2.75, 3.05) is 11.4 Å². The van der Waals surface area contributed by atoms with Crippen molar-refractivity contribution in [2.45, 2.75) is 39.7 Å². The first-order valence-electron chi connectivity index (χ1n) is 6.41. The summed E-state index contributed by atoms with van der Waals surface area (Å²) in [7, 11) is 0. The van der Waals surface area contributed by atoms with Gasteiger partial charge < -0.3 is 15.1 Å². The number of thiazole rings is 1. The monoisotopic (exact) mass is 300 g/mol. The van der Waals surface area contributed by atoms with Gasteiger partial charge in [0.25, 0.3) is 0 Å². The Labute approximate surface area is 122 Å². The maximum atomic E-state index is 11.2. The van der Waals surface area contributed by atoms with E-state index in [0.29, 0.717) is 5.13 Å². The molecule has 0 saturated carbocycles. The highest BCUT2D eigenvalue weighted by Crippen LogP contribution is 2.27. The van der Waals surface area contributed by atoms with E-state index in [2.05, 4.69) is 4.98 Å². The third-order valence-corrected chi connectivity index (χ3v) is 3.96. The van der Waals surface area contributed by atoms with Gasteiger partial charge in [-0.3, -0.25) is 4.79 Å². The van der Waals surface area contributed by atoms with Crippen LogP contribution in [0.1, 0.15) is 39.3 Å². The van der Waals surface area contributed by atoms with E-state index in [-0.39, 0.29) is 12.5 Å². The zero-order valence-corrected chi connectivity index (χ0v) is 12.8. The van der Waals surface area contributed by atoms with Crippen molar-refractivity contribution < 1.29 is 19.8 Å². The molecule has 6 nitrogen and oxygen atoms in total. The number of carboxylic acids is 2. The normalized spacial score (nSPS) is 14.1. The molecule has 112 valence electrons. The SMILES string of the molecule is CC(CN(c1nc(C(C)C)cs1)C(C)C(=O)O)C(=O)O. The van der Waals surface area contributed by atoms with Crippen LogP contribution in [0.3, 0.4) is 0 Å². The van der Waals surface area contributed by atoms with Gasteiger partial charge in [0, 0.05) is 11.9 Å². The van der Waals surface area contributed by atoms with Gasteiger partial charge in [-0.15, -0.1) is 11.3 Å². The highest BCUT2D eigenvalue weighted by atomic mass is 32.1. The maximum Gasteiger partial charge on any atom is 0.326 e. The average Bonchev–Trinajstić information content (AvgIpc) is 2.83. The second-order valence-corrected chi connectivity index (χ2v) is 5.95. The van der Waals surface area contributed by atoms with Crippen molar-refractivity contribution in [3.63, 3.8) is 0 Å². The van der Waals surface area contributed by atoms with Crippen LogP contribution in [0, 0.1) is 5.92 Å². The molecule has 0 bridgehead atoms. The summed E-state index contributed by atoms with van der Waals surface area (Å²) in [6, 6.07) is -0.817. The fourth-order valence-electron chi connectivity index (χ4n) is 1.58. The minimum Gasteiger partial charge on any atom is -0.481 e. The fraction of sp³-hybridized carbons (Fsp3) is 0.615. The van der Waals surface area contributed by atoms with Gasteiger partial charge in [0.05, 0.1) is 11.6 Å². The van der Waals surface area contributed by atoms with Crippen molar-refractivity contribution in [3.8, 4) is 0 Å². The number of nitrogens with zero attached hydrogens (tertiary/aromatic N) is 2. The van der Waals surface area contributed by atoms with Gasteiger partial charge in [0.2, 0.25) is 0 Å². The number of aliphatic carboxylic acids is 2. The number of rotatable bonds is 7. The van der Waals surface area contributed by atoms with Crippen LogP contribution >= 0.6 is 11.3 Å². The van der Waals surface area contributed by atoms with E-state index in [1.54, 1.807) is 6.92 Å². The van der Waals surface area contributed by atoms with Crippen LogP contribution in [0.25, 0.3) is 0 Å². The summed E-state index contributed by atoms with van der Waals surface area (Å²) in [5.74, 6) is -2.36. The number of hydrogen-bond donors (Lipinski definition) is 2. The number of aromatic nitrogens is 1. The lowest BCUT2D eigenvalue weighted by atomic mass is 10.1. The molecule has 2 atom stereocenters. The molecule has 0 saturated heterocycles. The van der Waals surface area contributed by atoms with E-state index < -0.39 is 23.9 Å². The van der Waals surface area contributed by atoms with E-state index in [0.717, 1.165) is 5.69 Å². The molecule has 0 aliphatic heterocycles. The quantitative estimate of drug-likeness (QED) is 0.802. The van der Waals surface area contributed by atoms with Gasteiger partial charge in [-0.05, 0) is 12.8 Å². The van der Waals surface area contributed by atoms with Crippen LogP contribution in [-0.4, -0.2) is 39.7 Å². The third-order valence-electron chi connectivity index (χ3n) is 3.06. The largest absolute Gasteiger partial charge is 0.481 e. The Morgan fingerprint density at radius 1 is 1.25 bits per heavy atom. The van der Waals surface area contributed by atoms with Gasteiger partial charge in [-0.1, -0.05) is 20.8 Å². The summed E-state index contributed by atoms with van der Waals surface area (Å²) >= 11 is 1.34. The molecule has 7 heteroatoms. The molecule has 0 radical (unpaired) electrons. The van der Waals surface area contributed by atoms with Crippen molar-refractivity contribution in [3.05, 3.63) is 11.1 Å². The second kappa shape index (κ2) is 6.69. The van der Waals surface area contributed by atoms with Crippen LogP contribution in [-0.2, 0) is 9.59 Å². The Kier molecular flexibility index (Phi) is 5.50. The van der Waals surface area contributed by atoms with E-state index in [1.165, 1.54) is 23.2 Å². The number of carboxylic acid groups (broad SMARTS) is 2. The molecule has 0 aromatic carbocycles. The lowest BCUT2D eigenvalue weighted by Gasteiger charge is -2.27. The molecular weight excluding hydrogens is 280 g/mol. The molecule has 0 amide bonds. The predicted octanol–water partition coefficient (Wildman–Crippen LogP) is 2.27. The number of hydrogen-bond acceptors (Lipinski definition) is 5. The number of anilines is 1. The smallest absolute Gasteiger partial charge is 0.326 e. The first-order valence-corrected chi connectivity index (χ1v) is 7.29. The summed E-state index contributed by atoms with van der Waals surface area (Å²) in [6.07, 6.45) is 0. The fourth-order valence-corrected chi connectivity index (χ4v) is 2.66. The first kappa shape index (κ1) is 16.4. The van der Waals surface area contributed by atoms with Gasteiger partial charge in [-0.2, -0.15) is 0 Å². The highest BCUT2D eigenvalue weighted by molar-refractivity contribution is 7.13. The summed E-state index contributed by atoms with van der Waals surface area (Å²) in [4.78, 5) is 28.1. The summed E-state index contributed by atoms with van der Waals surface area (Å²) < 4.78 is 0. The predicted molar refractivity (Wildman–Crippen MR) is 77.4 cm³/mol. The molecule has 1 aromatic rings. The van der Waals surface area contributed by atoms with Crippen molar-refractivity contribution in [1.29, 1.82) is 0 Å². The first-order chi connectivity index (χ1) is 9.23. The molecule has 0 aliphatic rings. The molecule has 2 N–H and O–H groups in total. The molecule has 1 aromatic heterocycles. The topological polar surface area (TPSA) is 90.7 Å².